The van der Waals surface area contributed by atoms with Gasteiger partial charge in [-0.3, -0.25) is 4.90 Å². The molecule has 0 saturated heterocycles. The van der Waals surface area contributed by atoms with Gasteiger partial charge < -0.3 is 5.11 Å². The Morgan fingerprint density at radius 1 is 1.16 bits per heavy atom. The number of nitrogens with zero attached hydrogens (tertiary/aromatic N) is 1. The number of hydrogen-bond acceptors (Lipinski definition) is 2. The molecule has 0 saturated carbocycles. The van der Waals surface area contributed by atoms with Crippen LogP contribution in [0.1, 0.15) is 45.1 Å². The average molecular weight is 263 g/mol. The molecule has 1 aromatic rings. The van der Waals surface area contributed by atoms with Crippen molar-refractivity contribution < 1.29 is 5.11 Å². The van der Waals surface area contributed by atoms with Crippen LogP contribution in [-0.2, 0) is 6.54 Å². The van der Waals surface area contributed by atoms with Crippen molar-refractivity contribution in [2.45, 2.75) is 46.1 Å². The summed E-state index contributed by atoms with van der Waals surface area (Å²) in [5.74, 6) is 0.759. The fraction of sp³-hybridized carbons (Fsp3) is 0.647. The van der Waals surface area contributed by atoms with Crippen molar-refractivity contribution in [3.63, 3.8) is 0 Å². The van der Waals surface area contributed by atoms with Gasteiger partial charge in [0, 0.05) is 19.6 Å². The zero-order chi connectivity index (χ0) is 13.9. The van der Waals surface area contributed by atoms with E-state index < -0.39 is 0 Å². The van der Waals surface area contributed by atoms with Crippen LogP contribution in [0.15, 0.2) is 30.3 Å². The van der Waals surface area contributed by atoms with Gasteiger partial charge in [0.15, 0.2) is 0 Å². The highest BCUT2D eigenvalue weighted by atomic mass is 16.3. The van der Waals surface area contributed by atoms with E-state index in [-0.39, 0.29) is 6.61 Å². The molecule has 0 aliphatic heterocycles. The molecule has 1 rings (SSSR count). The van der Waals surface area contributed by atoms with Crippen molar-refractivity contribution >= 4 is 0 Å². The molecule has 0 aromatic heterocycles. The zero-order valence-corrected chi connectivity index (χ0v) is 12.5. The summed E-state index contributed by atoms with van der Waals surface area (Å²) in [5.41, 5.74) is 1.33. The second-order valence-corrected chi connectivity index (χ2v) is 5.36. The molecule has 0 aliphatic rings. The summed E-state index contributed by atoms with van der Waals surface area (Å²) in [4.78, 5) is 2.39. The highest BCUT2D eigenvalue weighted by Gasteiger charge is 2.12. The zero-order valence-electron chi connectivity index (χ0n) is 12.5. The largest absolute Gasteiger partial charge is 0.395 e. The fourth-order valence-electron chi connectivity index (χ4n) is 2.50. The number of unbranched alkanes of at least 4 members (excludes halogenated alkanes) is 1. The van der Waals surface area contributed by atoms with Crippen LogP contribution in [0.2, 0.25) is 0 Å². The Balaban J connectivity index is 2.51. The predicted octanol–water partition coefficient (Wildman–Crippen LogP) is 3.70. The summed E-state index contributed by atoms with van der Waals surface area (Å²) in [5, 5.41) is 9.23. The summed E-state index contributed by atoms with van der Waals surface area (Å²) < 4.78 is 0. The molecule has 1 unspecified atom stereocenters. The number of aliphatic hydroxyl groups excluding tert-OH is 1. The lowest BCUT2D eigenvalue weighted by Gasteiger charge is -2.26. The fourth-order valence-corrected chi connectivity index (χ4v) is 2.50. The van der Waals surface area contributed by atoms with Crippen LogP contribution < -0.4 is 0 Å². The van der Waals surface area contributed by atoms with E-state index in [1.807, 2.05) is 0 Å². The molecular formula is C17H29NO. The number of hydrogen-bond donors (Lipinski definition) is 1. The van der Waals surface area contributed by atoms with Gasteiger partial charge in [-0.2, -0.15) is 0 Å². The van der Waals surface area contributed by atoms with E-state index in [1.54, 1.807) is 0 Å². The third-order valence-electron chi connectivity index (χ3n) is 3.72. The Morgan fingerprint density at radius 2 is 1.89 bits per heavy atom. The summed E-state index contributed by atoms with van der Waals surface area (Å²) in [7, 11) is 0. The Kier molecular flexibility index (Phi) is 8.52. The third kappa shape index (κ3) is 6.74. The Morgan fingerprint density at radius 3 is 2.47 bits per heavy atom. The van der Waals surface area contributed by atoms with Gasteiger partial charge in [0.05, 0.1) is 6.61 Å². The van der Waals surface area contributed by atoms with Crippen molar-refractivity contribution in [1.82, 2.24) is 4.90 Å². The Labute approximate surface area is 118 Å². The van der Waals surface area contributed by atoms with Crippen LogP contribution in [0.25, 0.3) is 0 Å². The summed E-state index contributed by atoms with van der Waals surface area (Å²) in [6, 6.07) is 10.5. The van der Waals surface area contributed by atoms with Gasteiger partial charge in [-0.25, -0.2) is 0 Å². The van der Waals surface area contributed by atoms with E-state index in [9.17, 15) is 5.11 Å². The maximum absolute atomic E-state index is 9.23. The van der Waals surface area contributed by atoms with Gasteiger partial charge in [-0.05, 0) is 17.9 Å². The molecule has 0 fully saturated rings. The molecule has 1 N–H and O–H groups in total. The molecule has 0 radical (unpaired) electrons. The lowest BCUT2D eigenvalue weighted by Crippen LogP contribution is -2.31. The van der Waals surface area contributed by atoms with Crippen molar-refractivity contribution in [1.29, 1.82) is 0 Å². The second kappa shape index (κ2) is 9.99. The van der Waals surface area contributed by atoms with E-state index in [0.717, 1.165) is 25.6 Å². The van der Waals surface area contributed by atoms with E-state index in [4.69, 9.17) is 0 Å². The first kappa shape index (κ1) is 16.2. The van der Waals surface area contributed by atoms with Crippen LogP contribution in [-0.4, -0.2) is 29.7 Å². The summed E-state index contributed by atoms with van der Waals surface area (Å²) >= 11 is 0. The minimum atomic E-state index is 0.247. The van der Waals surface area contributed by atoms with Crippen molar-refractivity contribution in [2.75, 3.05) is 19.7 Å². The molecule has 0 heterocycles. The molecule has 2 heteroatoms. The average Bonchev–Trinajstić information content (AvgIpc) is 2.44. The number of rotatable bonds is 10. The molecule has 1 atom stereocenters. The Bertz CT molecular complexity index is 312. The topological polar surface area (TPSA) is 23.5 Å². The minimum Gasteiger partial charge on any atom is -0.395 e. The summed E-state index contributed by atoms with van der Waals surface area (Å²) in [6.07, 6.45) is 5.13. The maximum Gasteiger partial charge on any atom is 0.0558 e. The number of aliphatic hydroxyl groups is 1. The molecule has 1 aromatic carbocycles. The van der Waals surface area contributed by atoms with Gasteiger partial charge in [0.1, 0.15) is 0 Å². The van der Waals surface area contributed by atoms with Gasteiger partial charge in [-0.15, -0.1) is 0 Å². The smallest absolute Gasteiger partial charge is 0.0558 e. The SMILES string of the molecule is CCCCC(CC)CN(CCO)Cc1ccccc1. The molecule has 0 amide bonds. The first-order chi connectivity index (χ1) is 9.30. The third-order valence-corrected chi connectivity index (χ3v) is 3.72. The Hall–Kier alpha value is -0.860. The molecule has 2 nitrogen and oxygen atoms in total. The van der Waals surface area contributed by atoms with Crippen molar-refractivity contribution in [2.24, 2.45) is 5.92 Å². The van der Waals surface area contributed by atoms with Gasteiger partial charge >= 0.3 is 0 Å². The lowest BCUT2D eigenvalue weighted by atomic mass is 9.98. The van der Waals surface area contributed by atoms with Crippen LogP contribution in [0, 0.1) is 5.92 Å². The minimum absolute atomic E-state index is 0.247. The van der Waals surface area contributed by atoms with E-state index in [0.29, 0.717) is 0 Å². The summed E-state index contributed by atoms with van der Waals surface area (Å²) in [6.45, 7) is 7.60. The molecule has 0 spiro atoms. The molecule has 108 valence electrons. The highest BCUT2D eigenvalue weighted by Crippen LogP contribution is 2.15. The van der Waals surface area contributed by atoms with E-state index in [2.05, 4.69) is 49.1 Å². The second-order valence-electron chi connectivity index (χ2n) is 5.36. The molecule has 0 bridgehead atoms. The van der Waals surface area contributed by atoms with Crippen molar-refractivity contribution in [3.05, 3.63) is 35.9 Å². The first-order valence-electron chi connectivity index (χ1n) is 7.67. The molecule has 19 heavy (non-hydrogen) atoms. The van der Waals surface area contributed by atoms with E-state index >= 15 is 0 Å². The quantitative estimate of drug-likeness (QED) is 0.696. The van der Waals surface area contributed by atoms with Crippen LogP contribution in [0.5, 0.6) is 0 Å². The van der Waals surface area contributed by atoms with Crippen LogP contribution >= 0.6 is 0 Å². The van der Waals surface area contributed by atoms with Crippen LogP contribution in [0.4, 0.5) is 0 Å². The monoisotopic (exact) mass is 263 g/mol. The van der Waals surface area contributed by atoms with Gasteiger partial charge in [-0.1, -0.05) is 63.4 Å². The predicted molar refractivity (Wildman–Crippen MR) is 82.1 cm³/mol. The normalized spacial score (nSPS) is 12.8. The van der Waals surface area contributed by atoms with Crippen LogP contribution in [0.3, 0.4) is 0 Å². The highest BCUT2D eigenvalue weighted by molar-refractivity contribution is 5.14. The first-order valence-corrected chi connectivity index (χ1v) is 7.67. The number of benzene rings is 1. The standard InChI is InChI=1S/C17H29NO/c1-3-5-9-16(4-2)14-18(12-13-19)15-17-10-7-6-8-11-17/h6-8,10-11,16,19H,3-5,9,12-15H2,1-2H3. The van der Waals surface area contributed by atoms with Crippen molar-refractivity contribution in [3.8, 4) is 0 Å². The van der Waals surface area contributed by atoms with E-state index in [1.165, 1.54) is 31.2 Å². The lowest BCUT2D eigenvalue weighted by molar-refractivity contribution is 0.163. The molecular weight excluding hydrogens is 234 g/mol. The molecule has 0 aliphatic carbocycles. The maximum atomic E-state index is 9.23. The van der Waals surface area contributed by atoms with Gasteiger partial charge in [0.25, 0.3) is 0 Å². The van der Waals surface area contributed by atoms with Gasteiger partial charge in [0.2, 0.25) is 0 Å².